The zero-order chi connectivity index (χ0) is 11.9. The van der Waals surface area contributed by atoms with Gasteiger partial charge in [0, 0.05) is 24.6 Å². The van der Waals surface area contributed by atoms with Crippen LogP contribution >= 0.6 is 0 Å². The predicted octanol–water partition coefficient (Wildman–Crippen LogP) is 0.983. The van der Waals surface area contributed by atoms with Crippen molar-refractivity contribution in [1.29, 1.82) is 0 Å². The van der Waals surface area contributed by atoms with E-state index in [-0.39, 0.29) is 12.7 Å². The summed E-state index contributed by atoms with van der Waals surface area (Å²) >= 11 is 0. The monoisotopic (exact) mass is 233 g/mol. The van der Waals surface area contributed by atoms with Crippen LogP contribution in [0.25, 0.3) is 0 Å². The molecule has 0 spiro atoms. The molecule has 1 saturated heterocycles. The second-order valence-corrected chi connectivity index (χ2v) is 3.80. The molecule has 1 N–H and O–H groups in total. The largest absolute Gasteiger partial charge is 0.489 e. The van der Waals surface area contributed by atoms with Gasteiger partial charge in [0.15, 0.2) is 0 Å². The van der Waals surface area contributed by atoms with E-state index in [0.717, 1.165) is 37.4 Å². The summed E-state index contributed by atoms with van der Waals surface area (Å²) in [6.07, 6.45) is 5.35. The number of rotatable bonds is 2. The Morgan fingerprint density at radius 2 is 2.24 bits per heavy atom. The normalized spacial score (nSPS) is 16.1. The molecule has 0 aliphatic carbocycles. The van der Waals surface area contributed by atoms with E-state index < -0.39 is 0 Å². The van der Waals surface area contributed by atoms with Gasteiger partial charge in [-0.2, -0.15) is 0 Å². The SMILES string of the molecule is OCC#Cc1cncc(OC2CCOCC2)c1. The summed E-state index contributed by atoms with van der Waals surface area (Å²) in [7, 11) is 0. The Hall–Kier alpha value is -1.57. The van der Waals surface area contributed by atoms with Gasteiger partial charge in [0.2, 0.25) is 0 Å². The van der Waals surface area contributed by atoms with Gasteiger partial charge >= 0.3 is 0 Å². The van der Waals surface area contributed by atoms with E-state index in [0.29, 0.717) is 0 Å². The summed E-state index contributed by atoms with van der Waals surface area (Å²) in [6, 6.07) is 1.84. The van der Waals surface area contributed by atoms with Crippen LogP contribution in [0.5, 0.6) is 5.75 Å². The number of aliphatic hydroxyl groups is 1. The summed E-state index contributed by atoms with van der Waals surface area (Å²) in [4.78, 5) is 4.06. The standard InChI is InChI=1S/C13H15NO3/c15-5-1-2-11-8-13(10-14-9-11)17-12-3-6-16-7-4-12/h8-10,12,15H,3-7H2. The first-order valence-electron chi connectivity index (χ1n) is 5.67. The summed E-state index contributed by atoms with van der Waals surface area (Å²) in [5.74, 6) is 6.11. The van der Waals surface area contributed by atoms with Crippen molar-refractivity contribution < 1.29 is 14.6 Å². The number of aliphatic hydroxyl groups excluding tert-OH is 1. The Labute approximate surface area is 101 Å². The molecule has 0 radical (unpaired) electrons. The fourth-order valence-corrected chi connectivity index (χ4v) is 1.68. The summed E-state index contributed by atoms with van der Waals surface area (Å²) in [6.45, 7) is 1.36. The molecule has 0 unspecified atom stereocenters. The molecule has 1 aliphatic rings. The minimum atomic E-state index is -0.148. The molecule has 4 heteroatoms. The van der Waals surface area contributed by atoms with Crippen molar-refractivity contribution in [2.75, 3.05) is 19.8 Å². The summed E-state index contributed by atoms with van der Waals surface area (Å²) in [5.41, 5.74) is 0.753. The molecule has 2 heterocycles. The number of hydrogen-bond acceptors (Lipinski definition) is 4. The van der Waals surface area contributed by atoms with E-state index in [4.69, 9.17) is 14.6 Å². The highest BCUT2D eigenvalue weighted by Gasteiger charge is 2.15. The first-order chi connectivity index (χ1) is 8.38. The average Bonchev–Trinajstić information content (AvgIpc) is 2.38. The third kappa shape index (κ3) is 3.74. The maximum absolute atomic E-state index is 8.62. The number of aromatic nitrogens is 1. The third-order valence-electron chi connectivity index (χ3n) is 2.50. The average molecular weight is 233 g/mol. The van der Waals surface area contributed by atoms with E-state index in [9.17, 15) is 0 Å². The van der Waals surface area contributed by atoms with Gasteiger partial charge in [-0.15, -0.1) is 0 Å². The molecule has 0 aromatic carbocycles. The molecule has 0 atom stereocenters. The Bertz CT molecular complexity index is 416. The van der Waals surface area contributed by atoms with E-state index in [2.05, 4.69) is 16.8 Å². The molecule has 1 aromatic rings. The lowest BCUT2D eigenvalue weighted by Gasteiger charge is -2.23. The number of nitrogens with zero attached hydrogens (tertiary/aromatic N) is 1. The molecule has 1 aliphatic heterocycles. The molecule has 2 rings (SSSR count). The molecule has 0 saturated carbocycles. The smallest absolute Gasteiger partial charge is 0.139 e. The molecule has 4 nitrogen and oxygen atoms in total. The first kappa shape index (κ1) is 11.9. The van der Waals surface area contributed by atoms with Crippen LogP contribution in [-0.2, 0) is 4.74 Å². The molecule has 1 aromatic heterocycles. The molecule has 17 heavy (non-hydrogen) atoms. The van der Waals surface area contributed by atoms with E-state index >= 15 is 0 Å². The lowest BCUT2D eigenvalue weighted by molar-refractivity contribution is 0.0254. The minimum Gasteiger partial charge on any atom is -0.489 e. The van der Waals surface area contributed by atoms with Crippen LogP contribution in [0.4, 0.5) is 0 Å². The van der Waals surface area contributed by atoms with Crippen LogP contribution in [0.2, 0.25) is 0 Å². The van der Waals surface area contributed by atoms with Gasteiger partial charge in [0.25, 0.3) is 0 Å². The van der Waals surface area contributed by atoms with Crippen molar-refractivity contribution in [3.8, 4) is 17.6 Å². The highest BCUT2D eigenvalue weighted by Crippen LogP contribution is 2.17. The maximum Gasteiger partial charge on any atom is 0.139 e. The molecular weight excluding hydrogens is 218 g/mol. The van der Waals surface area contributed by atoms with Crippen LogP contribution in [-0.4, -0.2) is 36.0 Å². The highest BCUT2D eigenvalue weighted by atomic mass is 16.5. The van der Waals surface area contributed by atoms with Crippen molar-refractivity contribution in [3.05, 3.63) is 24.0 Å². The van der Waals surface area contributed by atoms with Crippen LogP contribution in [0.1, 0.15) is 18.4 Å². The Balaban J connectivity index is 2.00. The molecular formula is C13H15NO3. The van der Waals surface area contributed by atoms with Crippen molar-refractivity contribution >= 4 is 0 Å². The van der Waals surface area contributed by atoms with Gasteiger partial charge in [-0.05, 0) is 6.07 Å². The quantitative estimate of drug-likeness (QED) is 0.774. The Morgan fingerprint density at radius 1 is 1.41 bits per heavy atom. The van der Waals surface area contributed by atoms with Crippen LogP contribution < -0.4 is 4.74 Å². The molecule has 0 amide bonds. The number of hydrogen-bond donors (Lipinski definition) is 1. The number of pyridine rings is 1. The number of ether oxygens (including phenoxy) is 2. The van der Waals surface area contributed by atoms with Crippen molar-refractivity contribution in [2.24, 2.45) is 0 Å². The highest BCUT2D eigenvalue weighted by molar-refractivity contribution is 5.36. The van der Waals surface area contributed by atoms with Crippen molar-refractivity contribution in [3.63, 3.8) is 0 Å². The Kier molecular flexibility index (Phi) is 4.37. The fraction of sp³-hybridized carbons (Fsp3) is 0.462. The van der Waals surface area contributed by atoms with Gasteiger partial charge in [0.1, 0.15) is 18.5 Å². The first-order valence-corrected chi connectivity index (χ1v) is 5.67. The van der Waals surface area contributed by atoms with E-state index in [1.54, 1.807) is 12.4 Å². The zero-order valence-corrected chi connectivity index (χ0v) is 9.56. The third-order valence-corrected chi connectivity index (χ3v) is 2.50. The molecule has 1 fully saturated rings. The van der Waals surface area contributed by atoms with Gasteiger partial charge in [-0.25, -0.2) is 0 Å². The van der Waals surface area contributed by atoms with Gasteiger partial charge < -0.3 is 14.6 Å². The minimum absolute atomic E-state index is 0.148. The Morgan fingerprint density at radius 3 is 3.00 bits per heavy atom. The van der Waals surface area contributed by atoms with Crippen LogP contribution in [0.15, 0.2) is 18.5 Å². The second kappa shape index (κ2) is 6.24. The van der Waals surface area contributed by atoms with Crippen molar-refractivity contribution in [2.45, 2.75) is 18.9 Å². The van der Waals surface area contributed by atoms with Crippen LogP contribution in [0, 0.1) is 11.8 Å². The summed E-state index contributed by atoms with van der Waals surface area (Å²) < 4.78 is 11.1. The zero-order valence-electron chi connectivity index (χ0n) is 9.56. The lowest BCUT2D eigenvalue weighted by Crippen LogP contribution is -2.25. The van der Waals surface area contributed by atoms with Gasteiger partial charge in [-0.1, -0.05) is 11.8 Å². The predicted molar refractivity (Wildman–Crippen MR) is 62.7 cm³/mol. The van der Waals surface area contributed by atoms with Crippen LogP contribution in [0.3, 0.4) is 0 Å². The van der Waals surface area contributed by atoms with E-state index in [1.807, 2.05) is 6.07 Å². The molecule has 0 bridgehead atoms. The lowest BCUT2D eigenvalue weighted by atomic mass is 10.1. The second-order valence-electron chi connectivity index (χ2n) is 3.80. The molecule has 90 valence electrons. The van der Waals surface area contributed by atoms with E-state index in [1.165, 1.54) is 0 Å². The topological polar surface area (TPSA) is 51.6 Å². The van der Waals surface area contributed by atoms with Gasteiger partial charge in [-0.3, -0.25) is 4.98 Å². The fourth-order valence-electron chi connectivity index (χ4n) is 1.68. The maximum atomic E-state index is 8.62. The van der Waals surface area contributed by atoms with Gasteiger partial charge in [0.05, 0.1) is 19.4 Å². The summed E-state index contributed by atoms with van der Waals surface area (Å²) in [5, 5.41) is 8.62. The van der Waals surface area contributed by atoms with Crippen molar-refractivity contribution in [1.82, 2.24) is 4.98 Å².